The fraction of sp³-hybridized carbons (Fsp3) is 1.00. The highest BCUT2D eigenvalue weighted by atomic mass is 14.9. The van der Waals surface area contributed by atoms with Crippen molar-refractivity contribution in [1.29, 1.82) is 0 Å². The molecule has 0 N–H and O–H groups in total. The molecule has 0 amide bonds. The van der Waals surface area contributed by atoms with E-state index in [-0.39, 0.29) is 0 Å². The zero-order valence-electron chi connectivity index (χ0n) is 28.5. The Morgan fingerprint density at radius 1 is 0.579 bits per heavy atom. The van der Waals surface area contributed by atoms with E-state index in [9.17, 15) is 0 Å². The minimum atomic E-state index is 0.478. The Hall–Kier alpha value is 0. The highest BCUT2D eigenvalue weighted by Gasteiger charge is 2.82. The molecule has 0 aromatic heterocycles. The van der Waals surface area contributed by atoms with Crippen LogP contribution in [0.4, 0.5) is 0 Å². The Kier molecular flexibility index (Phi) is 11.0. The van der Waals surface area contributed by atoms with Gasteiger partial charge in [0.25, 0.3) is 0 Å². The average Bonchev–Trinajstić information content (AvgIpc) is 3.35. The monoisotopic (exact) mass is 529 g/mol. The van der Waals surface area contributed by atoms with Crippen LogP contribution in [0.25, 0.3) is 0 Å². The summed E-state index contributed by atoms with van der Waals surface area (Å²) in [6.45, 7) is 31.8. The van der Waals surface area contributed by atoms with Crippen LogP contribution in [-0.4, -0.2) is 0 Å². The third kappa shape index (κ3) is 5.69. The summed E-state index contributed by atoms with van der Waals surface area (Å²) in [5, 5.41) is 0. The summed E-state index contributed by atoms with van der Waals surface area (Å²) in [5.74, 6) is 8.48. The molecule has 0 heterocycles. The SMILES string of the molecule is CCC1(C)C2(C)C(C)CC3CCCCCC(C)CCC12C(C)C(C)C(C)CCC(C)C(C)C(C)C(C)CC3. The van der Waals surface area contributed by atoms with Gasteiger partial charge in [0.2, 0.25) is 0 Å². The third-order valence-corrected chi connectivity index (χ3v) is 15.4. The Bertz CT molecular complexity index is 724. The van der Waals surface area contributed by atoms with Gasteiger partial charge in [-0.05, 0) is 94.7 Å². The van der Waals surface area contributed by atoms with Gasteiger partial charge in [0.15, 0.2) is 0 Å². The molecular formula is C38H72. The fourth-order valence-electron chi connectivity index (χ4n) is 11.2. The van der Waals surface area contributed by atoms with Crippen LogP contribution in [0.3, 0.4) is 0 Å². The molecule has 13 unspecified atom stereocenters. The quantitative estimate of drug-likeness (QED) is 0.317. The molecule has 3 aliphatic rings. The van der Waals surface area contributed by atoms with Crippen molar-refractivity contribution in [2.24, 2.45) is 75.4 Å². The summed E-state index contributed by atoms with van der Waals surface area (Å²) in [7, 11) is 0. The minimum Gasteiger partial charge on any atom is -0.0648 e. The van der Waals surface area contributed by atoms with E-state index in [1.165, 1.54) is 83.5 Å². The van der Waals surface area contributed by atoms with Crippen LogP contribution >= 0.6 is 0 Å². The first-order valence-corrected chi connectivity index (χ1v) is 17.8. The molecule has 0 aliphatic heterocycles. The lowest BCUT2D eigenvalue weighted by Gasteiger charge is -2.40. The Morgan fingerprint density at radius 3 is 1.68 bits per heavy atom. The molecule has 0 saturated heterocycles. The first kappa shape index (κ1) is 32.5. The van der Waals surface area contributed by atoms with Crippen molar-refractivity contribution in [2.75, 3.05) is 0 Å². The summed E-state index contributed by atoms with van der Waals surface area (Å²) in [4.78, 5) is 0. The number of hydrogen-bond donors (Lipinski definition) is 0. The molecule has 3 aliphatic carbocycles. The predicted octanol–water partition coefficient (Wildman–Crippen LogP) is 12.5. The zero-order chi connectivity index (χ0) is 28.5. The molecule has 3 rings (SSSR count). The van der Waals surface area contributed by atoms with E-state index in [1.807, 2.05) is 0 Å². The van der Waals surface area contributed by atoms with E-state index >= 15 is 0 Å². The Morgan fingerprint density at radius 2 is 1.11 bits per heavy atom. The van der Waals surface area contributed by atoms with Gasteiger partial charge in [0, 0.05) is 0 Å². The summed E-state index contributed by atoms with van der Waals surface area (Å²) in [6.07, 6.45) is 18.9. The second kappa shape index (κ2) is 12.9. The van der Waals surface area contributed by atoms with Crippen LogP contribution in [0.5, 0.6) is 0 Å². The van der Waals surface area contributed by atoms with Crippen molar-refractivity contribution in [2.45, 2.75) is 167 Å². The Labute approximate surface area is 241 Å². The van der Waals surface area contributed by atoms with Gasteiger partial charge in [-0.25, -0.2) is 0 Å². The molecule has 0 aromatic carbocycles. The summed E-state index contributed by atoms with van der Waals surface area (Å²) in [6, 6.07) is 0. The molecule has 0 aromatic rings. The van der Waals surface area contributed by atoms with E-state index in [1.54, 1.807) is 0 Å². The van der Waals surface area contributed by atoms with Crippen molar-refractivity contribution < 1.29 is 0 Å². The van der Waals surface area contributed by atoms with Gasteiger partial charge in [-0.3, -0.25) is 0 Å². The minimum absolute atomic E-state index is 0.478. The molecule has 38 heavy (non-hydrogen) atoms. The van der Waals surface area contributed by atoms with Crippen molar-refractivity contribution in [3.63, 3.8) is 0 Å². The zero-order valence-corrected chi connectivity index (χ0v) is 28.5. The molecular weight excluding hydrogens is 456 g/mol. The van der Waals surface area contributed by atoms with Gasteiger partial charge in [-0.15, -0.1) is 0 Å². The smallest absolute Gasteiger partial charge is 0.0148 e. The summed E-state index contributed by atoms with van der Waals surface area (Å²) >= 11 is 0. The topological polar surface area (TPSA) is 0 Å². The van der Waals surface area contributed by atoms with Crippen molar-refractivity contribution in [3.8, 4) is 0 Å². The standard InChI is InChI=1S/C38H72/c1-13-36(11)37(12)30(6)25-35-18-16-14-15-17-26(2)23-24-38(36,37)34(10)33(9)29(5)20-19-27(3)31(7)32(8)28(4)21-22-35/h26-35H,13-25H2,1-12H3. The molecule has 3 fully saturated rings. The predicted molar refractivity (Wildman–Crippen MR) is 170 cm³/mol. The van der Waals surface area contributed by atoms with Gasteiger partial charge in [0.1, 0.15) is 0 Å². The van der Waals surface area contributed by atoms with Crippen molar-refractivity contribution in [3.05, 3.63) is 0 Å². The number of rotatable bonds is 1. The summed E-state index contributed by atoms with van der Waals surface area (Å²) in [5.41, 5.74) is 1.47. The van der Waals surface area contributed by atoms with E-state index in [2.05, 4.69) is 83.1 Å². The van der Waals surface area contributed by atoms with Crippen LogP contribution in [0.2, 0.25) is 0 Å². The molecule has 0 radical (unpaired) electrons. The Balaban J connectivity index is 2.06. The van der Waals surface area contributed by atoms with Crippen molar-refractivity contribution in [1.82, 2.24) is 0 Å². The van der Waals surface area contributed by atoms with Crippen molar-refractivity contribution >= 4 is 0 Å². The first-order chi connectivity index (χ1) is 17.8. The van der Waals surface area contributed by atoms with Crippen LogP contribution in [0.1, 0.15) is 167 Å². The molecule has 0 spiro atoms. The van der Waals surface area contributed by atoms with Gasteiger partial charge in [-0.1, -0.05) is 147 Å². The maximum atomic E-state index is 2.80. The van der Waals surface area contributed by atoms with Crippen LogP contribution < -0.4 is 0 Å². The highest BCUT2D eigenvalue weighted by Crippen LogP contribution is 2.87. The molecule has 224 valence electrons. The second-order valence-electron chi connectivity index (χ2n) is 16.6. The first-order valence-electron chi connectivity index (χ1n) is 17.8. The second-order valence-corrected chi connectivity index (χ2v) is 16.6. The average molecular weight is 529 g/mol. The van der Waals surface area contributed by atoms with Gasteiger partial charge in [0.05, 0.1) is 0 Å². The van der Waals surface area contributed by atoms with Crippen LogP contribution in [0.15, 0.2) is 0 Å². The van der Waals surface area contributed by atoms with E-state index in [4.69, 9.17) is 0 Å². The van der Waals surface area contributed by atoms with E-state index in [0.717, 1.165) is 59.2 Å². The summed E-state index contributed by atoms with van der Waals surface area (Å²) < 4.78 is 0. The van der Waals surface area contributed by atoms with Gasteiger partial charge >= 0.3 is 0 Å². The molecule has 0 heteroatoms. The molecule has 2 bridgehead atoms. The van der Waals surface area contributed by atoms with Gasteiger partial charge in [-0.2, -0.15) is 0 Å². The van der Waals surface area contributed by atoms with Gasteiger partial charge < -0.3 is 0 Å². The maximum absolute atomic E-state index is 2.80. The third-order valence-electron chi connectivity index (χ3n) is 15.4. The fourth-order valence-corrected chi connectivity index (χ4v) is 11.2. The largest absolute Gasteiger partial charge is 0.0648 e. The number of fused-ring (bicyclic) bond motifs is 2. The molecule has 0 nitrogen and oxygen atoms in total. The lowest BCUT2D eigenvalue weighted by molar-refractivity contribution is 0.0855. The van der Waals surface area contributed by atoms with E-state index in [0.29, 0.717) is 16.2 Å². The highest BCUT2D eigenvalue weighted by molar-refractivity contribution is 5.29. The maximum Gasteiger partial charge on any atom is -0.0148 e. The normalized spacial score (nSPS) is 52.4. The number of hydrogen-bond acceptors (Lipinski definition) is 0. The lowest BCUT2D eigenvalue weighted by Crippen LogP contribution is -2.33. The van der Waals surface area contributed by atoms with Crippen LogP contribution in [0, 0.1) is 75.4 Å². The molecule has 13 atom stereocenters. The lowest BCUT2D eigenvalue weighted by atomic mass is 9.65. The molecule has 3 saturated carbocycles. The van der Waals surface area contributed by atoms with E-state index < -0.39 is 0 Å². The van der Waals surface area contributed by atoms with Crippen LogP contribution in [-0.2, 0) is 0 Å².